The van der Waals surface area contributed by atoms with Crippen LogP contribution in [-0.2, 0) is 0 Å². The van der Waals surface area contributed by atoms with Crippen LogP contribution in [0.25, 0.3) is 0 Å². The molecule has 0 aliphatic rings. The van der Waals surface area contributed by atoms with Gasteiger partial charge in [-0.15, -0.1) is 0 Å². The van der Waals surface area contributed by atoms with Crippen LogP contribution in [-0.4, -0.2) is 12.8 Å². The molecular weight excluding hydrogens is 62.1 g/mol. The molecule has 0 aromatic carbocycles. The standard InChI is InChI=1S/C4H9N/c1-4(2)5-3/h4H,3H2,1-2H3. The van der Waals surface area contributed by atoms with Crippen molar-refractivity contribution in [2.75, 3.05) is 0 Å². The molecule has 1 heteroatoms. The molecule has 0 fully saturated rings. The summed E-state index contributed by atoms with van der Waals surface area (Å²) in [6.45, 7) is 7.30. The van der Waals surface area contributed by atoms with Crippen molar-refractivity contribution in [2.45, 2.75) is 19.9 Å². The molecular formula is C4H9N. The van der Waals surface area contributed by atoms with Crippen LogP contribution < -0.4 is 0 Å². The minimum Gasteiger partial charge on any atom is -0.298 e. The normalized spacial score (nSPS) is 8.60. The van der Waals surface area contributed by atoms with E-state index in [1.165, 1.54) is 0 Å². The van der Waals surface area contributed by atoms with Crippen LogP contribution in [0.5, 0.6) is 0 Å². The highest BCUT2D eigenvalue weighted by Crippen LogP contribution is 1.77. The van der Waals surface area contributed by atoms with E-state index in [2.05, 4.69) is 11.7 Å². The maximum absolute atomic E-state index is 3.64. The zero-order valence-electron chi connectivity index (χ0n) is 3.73. The average molecular weight is 71.1 g/mol. The lowest BCUT2D eigenvalue weighted by atomic mass is 10.4. The molecule has 0 rings (SSSR count). The van der Waals surface area contributed by atoms with Gasteiger partial charge in [-0.2, -0.15) is 0 Å². The van der Waals surface area contributed by atoms with E-state index in [1.807, 2.05) is 13.8 Å². The Kier molecular flexibility index (Phi) is 1.81. The van der Waals surface area contributed by atoms with Gasteiger partial charge in [-0.05, 0) is 20.6 Å². The molecule has 0 aliphatic carbocycles. The van der Waals surface area contributed by atoms with Crippen LogP contribution in [0.1, 0.15) is 13.8 Å². The van der Waals surface area contributed by atoms with E-state index in [-0.39, 0.29) is 0 Å². The van der Waals surface area contributed by atoms with E-state index in [4.69, 9.17) is 0 Å². The molecule has 5 heavy (non-hydrogen) atoms. The Labute approximate surface area is 32.7 Å². The van der Waals surface area contributed by atoms with Crippen molar-refractivity contribution in [1.82, 2.24) is 0 Å². The third kappa shape index (κ3) is 3.67. The van der Waals surface area contributed by atoms with Gasteiger partial charge in [0.15, 0.2) is 0 Å². The third-order valence-corrected chi connectivity index (χ3v) is 0.365. The van der Waals surface area contributed by atoms with Gasteiger partial charge in [0.05, 0.1) is 0 Å². The lowest BCUT2D eigenvalue weighted by Gasteiger charge is -1.85. The second-order valence-electron chi connectivity index (χ2n) is 1.28. The minimum atomic E-state index is 0.398. The van der Waals surface area contributed by atoms with E-state index >= 15 is 0 Å². The Morgan fingerprint density at radius 3 is 1.80 bits per heavy atom. The van der Waals surface area contributed by atoms with Crippen molar-refractivity contribution in [2.24, 2.45) is 4.99 Å². The number of nitrogens with zero attached hydrogens (tertiary/aromatic N) is 1. The first-order valence-corrected chi connectivity index (χ1v) is 1.73. The van der Waals surface area contributed by atoms with Crippen molar-refractivity contribution in [1.29, 1.82) is 0 Å². The number of aliphatic imine (C=N–C) groups is 1. The van der Waals surface area contributed by atoms with Gasteiger partial charge in [-0.25, -0.2) is 0 Å². The predicted octanol–water partition coefficient (Wildman–Crippen LogP) is 1.10. The molecule has 0 amide bonds. The van der Waals surface area contributed by atoms with Crippen LogP contribution in [0.15, 0.2) is 4.99 Å². The first-order valence-electron chi connectivity index (χ1n) is 1.73. The summed E-state index contributed by atoms with van der Waals surface area (Å²) < 4.78 is 0. The first-order chi connectivity index (χ1) is 2.27. The summed E-state index contributed by atoms with van der Waals surface area (Å²) in [6.07, 6.45) is 0. The summed E-state index contributed by atoms with van der Waals surface area (Å²) in [4.78, 5) is 3.64. The van der Waals surface area contributed by atoms with Gasteiger partial charge in [0.1, 0.15) is 0 Å². The van der Waals surface area contributed by atoms with Crippen LogP contribution in [0.3, 0.4) is 0 Å². The first kappa shape index (κ1) is 4.67. The third-order valence-electron chi connectivity index (χ3n) is 0.365. The zero-order chi connectivity index (χ0) is 4.28. The molecule has 0 atom stereocenters. The molecule has 0 aromatic heterocycles. The number of hydrogen-bond acceptors (Lipinski definition) is 1. The summed E-state index contributed by atoms with van der Waals surface area (Å²) in [5.41, 5.74) is 0. The highest BCUT2D eigenvalue weighted by Gasteiger charge is 1.74. The smallest absolute Gasteiger partial charge is 0.0436 e. The molecule has 0 aliphatic heterocycles. The molecule has 0 radical (unpaired) electrons. The van der Waals surface area contributed by atoms with Gasteiger partial charge in [0.2, 0.25) is 0 Å². The highest BCUT2D eigenvalue weighted by atomic mass is 14.7. The van der Waals surface area contributed by atoms with Crippen LogP contribution in [0.2, 0.25) is 0 Å². The van der Waals surface area contributed by atoms with Crippen molar-refractivity contribution < 1.29 is 0 Å². The van der Waals surface area contributed by atoms with E-state index < -0.39 is 0 Å². The average Bonchev–Trinajstić information content (AvgIpc) is 1.38. The Morgan fingerprint density at radius 1 is 1.60 bits per heavy atom. The van der Waals surface area contributed by atoms with Crippen LogP contribution in [0.4, 0.5) is 0 Å². The van der Waals surface area contributed by atoms with Gasteiger partial charge < -0.3 is 0 Å². The van der Waals surface area contributed by atoms with Crippen molar-refractivity contribution >= 4 is 6.72 Å². The van der Waals surface area contributed by atoms with Gasteiger partial charge in [-0.3, -0.25) is 4.99 Å². The van der Waals surface area contributed by atoms with Crippen LogP contribution in [0, 0.1) is 0 Å². The fourth-order valence-electron chi connectivity index (χ4n) is 0. The highest BCUT2D eigenvalue weighted by molar-refractivity contribution is 5.23. The second-order valence-corrected chi connectivity index (χ2v) is 1.28. The summed E-state index contributed by atoms with van der Waals surface area (Å²) in [5.74, 6) is 0. The van der Waals surface area contributed by atoms with E-state index in [1.54, 1.807) is 0 Å². The summed E-state index contributed by atoms with van der Waals surface area (Å²) in [5, 5.41) is 0. The molecule has 0 saturated heterocycles. The molecule has 0 bridgehead atoms. The lowest BCUT2D eigenvalue weighted by Crippen LogP contribution is -1.82. The van der Waals surface area contributed by atoms with Gasteiger partial charge in [0.25, 0.3) is 0 Å². The second kappa shape index (κ2) is 1.94. The maximum atomic E-state index is 3.64. The molecule has 0 aromatic rings. The fourth-order valence-corrected chi connectivity index (χ4v) is 0. The fraction of sp³-hybridized carbons (Fsp3) is 0.750. The minimum absolute atomic E-state index is 0.398. The SMILES string of the molecule is C=NC(C)C. The van der Waals surface area contributed by atoms with Crippen LogP contribution >= 0.6 is 0 Å². The quantitative estimate of drug-likeness (QED) is 0.410. The van der Waals surface area contributed by atoms with Gasteiger partial charge in [-0.1, -0.05) is 0 Å². The van der Waals surface area contributed by atoms with Gasteiger partial charge >= 0.3 is 0 Å². The van der Waals surface area contributed by atoms with Crippen molar-refractivity contribution in [3.05, 3.63) is 0 Å². The monoisotopic (exact) mass is 71.1 g/mol. The Hall–Kier alpha value is -0.330. The Balaban J connectivity index is 2.83. The zero-order valence-corrected chi connectivity index (χ0v) is 3.73. The molecule has 30 valence electrons. The summed E-state index contributed by atoms with van der Waals surface area (Å²) in [6, 6.07) is 0.398. The number of hydrogen-bond donors (Lipinski definition) is 0. The number of rotatable bonds is 1. The Morgan fingerprint density at radius 2 is 1.80 bits per heavy atom. The lowest BCUT2D eigenvalue weighted by molar-refractivity contribution is 0.844. The summed E-state index contributed by atoms with van der Waals surface area (Å²) >= 11 is 0. The van der Waals surface area contributed by atoms with Crippen molar-refractivity contribution in [3.63, 3.8) is 0 Å². The predicted molar refractivity (Wildman–Crippen MR) is 24.7 cm³/mol. The molecule has 0 N–H and O–H groups in total. The molecule has 0 unspecified atom stereocenters. The summed E-state index contributed by atoms with van der Waals surface area (Å²) in [7, 11) is 0. The molecule has 0 heterocycles. The van der Waals surface area contributed by atoms with E-state index in [0.717, 1.165) is 0 Å². The molecule has 0 spiro atoms. The van der Waals surface area contributed by atoms with E-state index in [9.17, 15) is 0 Å². The van der Waals surface area contributed by atoms with Gasteiger partial charge in [0, 0.05) is 6.04 Å². The van der Waals surface area contributed by atoms with Crippen molar-refractivity contribution in [3.8, 4) is 0 Å². The van der Waals surface area contributed by atoms with E-state index in [0.29, 0.717) is 6.04 Å². The largest absolute Gasteiger partial charge is 0.298 e. The topological polar surface area (TPSA) is 12.4 Å². The molecule has 0 saturated carbocycles. The maximum Gasteiger partial charge on any atom is 0.0436 e. The molecule has 1 nitrogen and oxygen atoms in total. The Bertz CT molecular complexity index is 30.6.